The van der Waals surface area contributed by atoms with Crippen LogP contribution in [0.15, 0.2) is 18.5 Å². The van der Waals surface area contributed by atoms with Crippen molar-refractivity contribution in [3.8, 4) is 0 Å². The van der Waals surface area contributed by atoms with Crippen LogP contribution in [0, 0.1) is 5.92 Å². The number of amides is 1. The van der Waals surface area contributed by atoms with Gasteiger partial charge in [-0.2, -0.15) is 0 Å². The van der Waals surface area contributed by atoms with Crippen molar-refractivity contribution in [3.05, 3.63) is 18.5 Å². The third kappa shape index (κ3) is 3.69. The van der Waals surface area contributed by atoms with Crippen molar-refractivity contribution in [1.29, 1.82) is 0 Å². The van der Waals surface area contributed by atoms with Crippen molar-refractivity contribution < 1.29 is 4.79 Å². The van der Waals surface area contributed by atoms with Gasteiger partial charge in [-0.15, -0.1) is 0 Å². The summed E-state index contributed by atoms with van der Waals surface area (Å²) in [5, 5.41) is 3.19. The zero-order chi connectivity index (χ0) is 16.4. The van der Waals surface area contributed by atoms with Gasteiger partial charge in [-0.05, 0) is 51.1 Å². The molecule has 0 spiro atoms. The van der Waals surface area contributed by atoms with Gasteiger partial charge in [-0.3, -0.25) is 9.69 Å². The minimum atomic E-state index is 0.190. The molecule has 1 atom stereocenters. The van der Waals surface area contributed by atoms with Crippen LogP contribution in [0.4, 0.5) is 5.95 Å². The van der Waals surface area contributed by atoms with E-state index in [4.69, 9.17) is 0 Å². The number of likely N-dealkylation sites (tertiary alicyclic amines) is 1. The summed E-state index contributed by atoms with van der Waals surface area (Å²) in [6.45, 7) is 4.08. The summed E-state index contributed by atoms with van der Waals surface area (Å²) in [7, 11) is 0. The number of hydrogen-bond donors (Lipinski definition) is 1. The van der Waals surface area contributed by atoms with E-state index in [0.29, 0.717) is 12.1 Å². The molecule has 2 aliphatic heterocycles. The molecule has 0 aromatic carbocycles. The number of carbonyl (C=O) groups is 1. The Hall–Kier alpha value is -1.69. The van der Waals surface area contributed by atoms with Gasteiger partial charge in [0.25, 0.3) is 0 Å². The molecule has 2 saturated heterocycles. The zero-order valence-corrected chi connectivity index (χ0v) is 14.2. The van der Waals surface area contributed by atoms with Crippen LogP contribution in [0.3, 0.4) is 0 Å². The summed E-state index contributed by atoms with van der Waals surface area (Å²) < 4.78 is 0. The van der Waals surface area contributed by atoms with Crippen LogP contribution in [0.25, 0.3) is 0 Å². The van der Waals surface area contributed by atoms with Gasteiger partial charge < -0.3 is 10.2 Å². The Kier molecular flexibility index (Phi) is 4.65. The van der Waals surface area contributed by atoms with E-state index in [0.717, 1.165) is 57.8 Å². The highest BCUT2D eigenvalue weighted by Crippen LogP contribution is 2.26. The molecule has 1 N–H and O–H groups in total. The van der Waals surface area contributed by atoms with E-state index in [2.05, 4.69) is 25.1 Å². The van der Waals surface area contributed by atoms with Crippen molar-refractivity contribution in [2.45, 2.75) is 50.6 Å². The lowest BCUT2D eigenvalue weighted by atomic mass is 9.93. The van der Waals surface area contributed by atoms with Crippen molar-refractivity contribution in [3.63, 3.8) is 0 Å². The molecule has 4 rings (SSSR count). The number of piperidine rings is 2. The number of anilines is 1. The van der Waals surface area contributed by atoms with E-state index < -0.39 is 0 Å². The molecule has 3 heterocycles. The molecular formula is C18H27N5O. The maximum Gasteiger partial charge on any atom is 0.225 e. The van der Waals surface area contributed by atoms with Gasteiger partial charge in [0.15, 0.2) is 0 Å². The summed E-state index contributed by atoms with van der Waals surface area (Å²) in [6.07, 6.45) is 10.4. The van der Waals surface area contributed by atoms with Gasteiger partial charge in [-0.1, -0.05) is 0 Å². The predicted octanol–water partition coefficient (Wildman–Crippen LogP) is 1.44. The molecule has 0 radical (unpaired) electrons. The van der Waals surface area contributed by atoms with Crippen LogP contribution in [-0.4, -0.2) is 59.0 Å². The highest BCUT2D eigenvalue weighted by Gasteiger charge is 2.33. The van der Waals surface area contributed by atoms with Crippen LogP contribution < -0.4 is 10.2 Å². The Bertz CT molecular complexity index is 554. The largest absolute Gasteiger partial charge is 0.353 e. The van der Waals surface area contributed by atoms with E-state index in [9.17, 15) is 4.79 Å². The fourth-order valence-electron chi connectivity index (χ4n) is 3.98. The minimum Gasteiger partial charge on any atom is -0.353 e. The Morgan fingerprint density at radius 3 is 2.50 bits per heavy atom. The second kappa shape index (κ2) is 7.05. The third-order valence-electron chi connectivity index (χ3n) is 5.56. The fraction of sp³-hybridized carbons (Fsp3) is 0.722. The number of carbonyl (C=O) groups excluding carboxylic acids is 1. The number of nitrogens with one attached hydrogen (secondary N) is 1. The highest BCUT2D eigenvalue weighted by molar-refractivity contribution is 5.79. The standard InChI is InChI=1S/C18H27N5O/c24-17(21-15-4-5-15)14-3-1-10-23(13-14)16-6-11-22(12-7-16)18-19-8-2-9-20-18/h2,8-9,14-16H,1,3-7,10-13H2,(H,21,24)/t14-/m0/s1. The molecule has 1 saturated carbocycles. The van der Waals surface area contributed by atoms with Crippen LogP contribution in [0.5, 0.6) is 0 Å². The monoisotopic (exact) mass is 329 g/mol. The van der Waals surface area contributed by atoms with Crippen LogP contribution in [-0.2, 0) is 4.79 Å². The normalized spacial score (nSPS) is 26.3. The zero-order valence-electron chi connectivity index (χ0n) is 14.2. The predicted molar refractivity (Wildman–Crippen MR) is 92.7 cm³/mol. The first-order valence-electron chi connectivity index (χ1n) is 9.36. The number of rotatable bonds is 4. The van der Waals surface area contributed by atoms with Gasteiger partial charge in [-0.25, -0.2) is 9.97 Å². The fourth-order valence-corrected chi connectivity index (χ4v) is 3.98. The van der Waals surface area contributed by atoms with Crippen LogP contribution in [0.2, 0.25) is 0 Å². The first-order valence-corrected chi connectivity index (χ1v) is 9.36. The molecule has 1 amide bonds. The van der Waals surface area contributed by atoms with Gasteiger partial charge in [0.05, 0.1) is 5.92 Å². The van der Waals surface area contributed by atoms with E-state index >= 15 is 0 Å². The first-order chi connectivity index (χ1) is 11.8. The molecule has 0 unspecified atom stereocenters. The molecule has 24 heavy (non-hydrogen) atoms. The summed E-state index contributed by atoms with van der Waals surface area (Å²) in [4.78, 5) is 25.9. The molecule has 6 heteroatoms. The summed E-state index contributed by atoms with van der Waals surface area (Å²) in [5.74, 6) is 1.32. The first kappa shape index (κ1) is 15.8. The maximum atomic E-state index is 12.4. The lowest BCUT2D eigenvalue weighted by Gasteiger charge is -2.42. The average Bonchev–Trinajstić information content (AvgIpc) is 3.47. The summed E-state index contributed by atoms with van der Waals surface area (Å²) in [6, 6.07) is 2.93. The number of nitrogens with zero attached hydrogens (tertiary/aromatic N) is 4. The van der Waals surface area contributed by atoms with Gasteiger partial charge in [0, 0.05) is 44.1 Å². The molecule has 1 aromatic heterocycles. The minimum absolute atomic E-state index is 0.190. The van der Waals surface area contributed by atoms with Crippen LogP contribution >= 0.6 is 0 Å². The quantitative estimate of drug-likeness (QED) is 0.906. The Morgan fingerprint density at radius 2 is 1.79 bits per heavy atom. The summed E-state index contributed by atoms with van der Waals surface area (Å²) >= 11 is 0. The summed E-state index contributed by atoms with van der Waals surface area (Å²) in [5.41, 5.74) is 0. The molecule has 130 valence electrons. The molecule has 0 bridgehead atoms. The molecule has 6 nitrogen and oxygen atoms in total. The maximum absolute atomic E-state index is 12.4. The lowest BCUT2D eigenvalue weighted by Crippen LogP contribution is -2.51. The van der Waals surface area contributed by atoms with Gasteiger partial charge >= 0.3 is 0 Å². The molecule has 3 aliphatic rings. The van der Waals surface area contributed by atoms with Gasteiger partial charge in [0.2, 0.25) is 11.9 Å². The average molecular weight is 329 g/mol. The van der Waals surface area contributed by atoms with E-state index in [1.54, 1.807) is 0 Å². The van der Waals surface area contributed by atoms with E-state index in [-0.39, 0.29) is 11.8 Å². The van der Waals surface area contributed by atoms with E-state index in [1.807, 2.05) is 18.5 Å². The topological polar surface area (TPSA) is 61.4 Å². The SMILES string of the molecule is O=C(NC1CC1)[C@H]1CCCN(C2CCN(c3ncccn3)CC2)C1. The third-order valence-corrected chi connectivity index (χ3v) is 5.56. The molecule has 3 fully saturated rings. The lowest BCUT2D eigenvalue weighted by molar-refractivity contribution is -0.127. The Morgan fingerprint density at radius 1 is 1.04 bits per heavy atom. The molecular weight excluding hydrogens is 302 g/mol. The highest BCUT2D eigenvalue weighted by atomic mass is 16.2. The Labute approximate surface area is 143 Å². The second-order valence-electron chi connectivity index (χ2n) is 7.38. The molecule has 1 aromatic rings. The second-order valence-corrected chi connectivity index (χ2v) is 7.38. The van der Waals surface area contributed by atoms with E-state index in [1.165, 1.54) is 12.8 Å². The van der Waals surface area contributed by atoms with Crippen molar-refractivity contribution in [2.75, 3.05) is 31.1 Å². The number of aromatic nitrogens is 2. The van der Waals surface area contributed by atoms with Crippen molar-refractivity contribution >= 4 is 11.9 Å². The van der Waals surface area contributed by atoms with Crippen molar-refractivity contribution in [1.82, 2.24) is 20.2 Å². The van der Waals surface area contributed by atoms with Crippen LogP contribution in [0.1, 0.15) is 38.5 Å². The smallest absolute Gasteiger partial charge is 0.225 e. The van der Waals surface area contributed by atoms with Crippen molar-refractivity contribution in [2.24, 2.45) is 5.92 Å². The molecule has 1 aliphatic carbocycles. The van der Waals surface area contributed by atoms with Gasteiger partial charge in [0.1, 0.15) is 0 Å². The number of hydrogen-bond acceptors (Lipinski definition) is 5. The Balaban J connectivity index is 1.29.